The molecule has 2 rings (SSSR count). The zero-order valence-corrected chi connectivity index (χ0v) is 8.64. The standard InChI is InChI=1S/C10H18N2O2/c1-10(6-14-7-10)5-11-4-8-2-3-9(13)12-8/h8,11H,2-7H2,1H3,(H,12,13). The van der Waals surface area contributed by atoms with Gasteiger partial charge in [-0.3, -0.25) is 4.79 Å². The third-order valence-electron chi connectivity index (χ3n) is 2.93. The van der Waals surface area contributed by atoms with Crippen LogP contribution in [-0.4, -0.2) is 38.3 Å². The van der Waals surface area contributed by atoms with Gasteiger partial charge in [-0.25, -0.2) is 0 Å². The molecule has 0 aliphatic carbocycles. The molecule has 4 nitrogen and oxygen atoms in total. The second-order valence-corrected chi connectivity index (χ2v) is 4.74. The van der Waals surface area contributed by atoms with E-state index in [1.165, 1.54) is 0 Å². The van der Waals surface area contributed by atoms with E-state index in [9.17, 15) is 4.79 Å². The maximum absolute atomic E-state index is 10.9. The van der Waals surface area contributed by atoms with E-state index in [2.05, 4.69) is 17.6 Å². The first-order valence-electron chi connectivity index (χ1n) is 5.26. The van der Waals surface area contributed by atoms with Crippen molar-refractivity contribution in [3.63, 3.8) is 0 Å². The number of carbonyl (C=O) groups is 1. The maximum Gasteiger partial charge on any atom is 0.220 e. The highest BCUT2D eigenvalue weighted by Crippen LogP contribution is 2.25. The summed E-state index contributed by atoms with van der Waals surface area (Å²) in [7, 11) is 0. The quantitative estimate of drug-likeness (QED) is 0.663. The van der Waals surface area contributed by atoms with Crippen LogP contribution in [0, 0.1) is 5.41 Å². The summed E-state index contributed by atoms with van der Waals surface area (Å²) in [6, 6.07) is 0.340. The molecule has 2 fully saturated rings. The Morgan fingerprint density at radius 1 is 1.64 bits per heavy atom. The lowest BCUT2D eigenvalue weighted by atomic mass is 9.89. The molecule has 2 aliphatic rings. The van der Waals surface area contributed by atoms with Crippen molar-refractivity contribution >= 4 is 5.91 Å². The number of amides is 1. The van der Waals surface area contributed by atoms with E-state index in [1.54, 1.807) is 0 Å². The Labute approximate surface area is 84.4 Å². The monoisotopic (exact) mass is 198 g/mol. The number of hydrogen-bond acceptors (Lipinski definition) is 3. The van der Waals surface area contributed by atoms with Crippen LogP contribution in [0.25, 0.3) is 0 Å². The van der Waals surface area contributed by atoms with Gasteiger partial charge in [0.05, 0.1) is 13.2 Å². The van der Waals surface area contributed by atoms with Crippen LogP contribution in [-0.2, 0) is 9.53 Å². The zero-order chi connectivity index (χ0) is 10.0. The van der Waals surface area contributed by atoms with Gasteiger partial charge in [0.2, 0.25) is 5.91 Å². The molecule has 14 heavy (non-hydrogen) atoms. The molecule has 2 heterocycles. The molecule has 0 saturated carbocycles. The number of rotatable bonds is 4. The van der Waals surface area contributed by atoms with Crippen molar-refractivity contribution in [3.8, 4) is 0 Å². The molecule has 1 amide bonds. The Hall–Kier alpha value is -0.610. The van der Waals surface area contributed by atoms with Crippen molar-refractivity contribution in [2.75, 3.05) is 26.3 Å². The van der Waals surface area contributed by atoms with Crippen molar-refractivity contribution in [3.05, 3.63) is 0 Å². The fourth-order valence-electron chi connectivity index (χ4n) is 1.93. The summed E-state index contributed by atoms with van der Waals surface area (Å²) in [6.07, 6.45) is 1.66. The minimum absolute atomic E-state index is 0.190. The molecule has 80 valence electrons. The molecular weight excluding hydrogens is 180 g/mol. The van der Waals surface area contributed by atoms with Gasteiger partial charge >= 0.3 is 0 Å². The SMILES string of the molecule is CC1(CNCC2CCC(=O)N2)COC1. The predicted octanol–water partition coefficient (Wildman–Crippen LogP) is -0.109. The van der Waals surface area contributed by atoms with Gasteiger partial charge < -0.3 is 15.4 Å². The minimum Gasteiger partial charge on any atom is -0.380 e. The van der Waals surface area contributed by atoms with Gasteiger partial charge in [-0.15, -0.1) is 0 Å². The van der Waals surface area contributed by atoms with Crippen molar-refractivity contribution in [2.24, 2.45) is 5.41 Å². The van der Waals surface area contributed by atoms with E-state index in [0.29, 0.717) is 17.9 Å². The Morgan fingerprint density at radius 2 is 2.43 bits per heavy atom. The van der Waals surface area contributed by atoms with E-state index in [-0.39, 0.29) is 5.91 Å². The second kappa shape index (κ2) is 3.87. The Morgan fingerprint density at radius 3 is 2.93 bits per heavy atom. The van der Waals surface area contributed by atoms with Crippen molar-refractivity contribution in [2.45, 2.75) is 25.8 Å². The number of hydrogen-bond donors (Lipinski definition) is 2. The number of ether oxygens (including phenoxy) is 1. The van der Waals surface area contributed by atoms with Crippen LogP contribution in [0.1, 0.15) is 19.8 Å². The van der Waals surface area contributed by atoms with Gasteiger partial charge in [-0.1, -0.05) is 6.92 Å². The minimum atomic E-state index is 0.190. The van der Waals surface area contributed by atoms with Crippen molar-refractivity contribution in [1.82, 2.24) is 10.6 Å². The second-order valence-electron chi connectivity index (χ2n) is 4.74. The molecule has 0 aromatic rings. The molecule has 0 spiro atoms. The molecule has 4 heteroatoms. The van der Waals surface area contributed by atoms with E-state index >= 15 is 0 Å². The summed E-state index contributed by atoms with van der Waals surface area (Å²) in [4.78, 5) is 10.9. The van der Waals surface area contributed by atoms with E-state index in [4.69, 9.17) is 4.74 Å². The maximum atomic E-state index is 10.9. The molecular formula is C10H18N2O2. The number of nitrogens with one attached hydrogen (secondary N) is 2. The number of carbonyl (C=O) groups excluding carboxylic acids is 1. The van der Waals surface area contributed by atoms with Crippen LogP contribution in [0.5, 0.6) is 0 Å². The lowest BCUT2D eigenvalue weighted by molar-refractivity contribution is -0.119. The van der Waals surface area contributed by atoms with E-state index in [0.717, 1.165) is 32.7 Å². The third-order valence-corrected chi connectivity index (χ3v) is 2.93. The smallest absolute Gasteiger partial charge is 0.220 e. The normalized spacial score (nSPS) is 29.8. The summed E-state index contributed by atoms with van der Waals surface area (Å²) in [5.41, 5.74) is 0.322. The molecule has 0 bridgehead atoms. The summed E-state index contributed by atoms with van der Waals surface area (Å²) < 4.78 is 5.17. The lowest BCUT2D eigenvalue weighted by Crippen LogP contribution is -2.49. The van der Waals surface area contributed by atoms with Gasteiger partial charge in [0.1, 0.15) is 0 Å². The van der Waals surface area contributed by atoms with E-state index < -0.39 is 0 Å². The average Bonchev–Trinajstić information content (AvgIpc) is 2.49. The summed E-state index contributed by atoms with van der Waals surface area (Å²) in [5, 5.41) is 6.34. The molecule has 2 N–H and O–H groups in total. The molecule has 0 aromatic carbocycles. The van der Waals surface area contributed by atoms with Gasteiger partial charge in [0, 0.05) is 31.0 Å². The van der Waals surface area contributed by atoms with Gasteiger partial charge in [-0.2, -0.15) is 0 Å². The van der Waals surface area contributed by atoms with Crippen molar-refractivity contribution < 1.29 is 9.53 Å². The van der Waals surface area contributed by atoms with Crippen LogP contribution in [0.4, 0.5) is 0 Å². The fraction of sp³-hybridized carbons (Fsp3) is 0.900. The van der Waals surface area contributed by atoms with Crippen LogP contribution >= 0.6 is 0 Å². The Balaban J connectivity index is 1.61. The highest BCUT2D eigenvalue weighted by molar-refractivity contribution is 5.78. The predicted molar refractivity (Wildman–Crippen MR) is 53.0 cm³/mol. The molecule has 0 aromatic heterocycles. The first kappa shape index (κ1) is 9.93. The van der Waals surface area contributed by atoms with Gasteiger partial charge in [0.15, 0.2) is 0 Å². The highest BCUT2D eigenvalue weighted by Gasteiger charge is 2.33. The first-order chi connectivity index (χ1) is 6.68. The van der Waals surface area contributed by atoms with Crippen molar-refractivity contribution in [1.29, 1.82) is 0 Å². The zero-order valence-electron chi connectivity index (χ0n) is 8.64. The molecule has 2 saturated heterocycles. The van der Waals surface area contributed by atoms with Gasteiger partial charge in [-0.05, 0) is 6.42 Å². The van der Waals surface area contributed by atoms with Gasteiger partial charge in [0.25, 0.3) is 0 Å². The summed E-state index contributed by atoms with van der Waals surface area (Å²) in [5.74, 6) is 0.190. The molecule has 1 unspecified atom stereocenters. The van der Waals surface area contributed by atoms with Crippen LogP contribution in [0.3, 0.4) is 0 Å². The largest absolute Gasteiger partial charge is 0.380 e. The Kier molecular flexibility index (Phi) is 2.74. The van der Waals surface area contributed by atoms with Crippen LogP contribution in [0.2, 0.25) is 0 Å². The third kappa shape index (κ3) is 2.25. The Bertz CT molecular complexity index is 226. The highest BCUT2D eigenvalue weighted by atomic mass is 16.5. The van der Waals surface area contributed by atoms with Crippen LogP contribution in [0.15, 0.2) is 0 Å². The van der Waals surface area contributed by atoms with Crippen LogP contribution < -0.4 is 10.6 Å². The topological polar surface area (TPSA) is 50.4 Å². The lowest BCUT2D eigenvalue weighted by Gasteiger charge is -2.38. The molecule has 0 radical (unpaired) electrons. The van der Waals surface area contributed by atoms with E-state index in [1.807, 2.05) is 0 Å². The fourth-order valence-corrected chi connectivity index (χ4v) is 1.93. The first-order valence-corrected chi connectivity index (χ1v) is 5.26. The summed E-state index contributed by atoms with van der Waals surface area (Å²) in [6.45, 7) is 5.81. The summed E-state index contributed by atoms with van der Waals surface area (Å²) >= 11 is 0. The molecule has 1 atom stereocenters. The average molecular weight is 198 g/mol. The molecule has 2 aliphatic heterocycles.